The van der Waals surface area contributed by atoms with Crippen LogP contribution in [-0.2, 0) is 4.79 Å². The zero-order valence-electron chi connectivity index (χ0n) is 16.0. The molecule has 2 amide bonds. The van der Waals surface area contributed by atoms with Gasteiger partial charge in [0.1, 0.15) is 5.54 Å². The van der Waals surface area contributed by atoms with Crippen LogP contribution < -0.4 is 0 Å². The minimum atomic E-state index is -0.637. The predicted molar refractivity (Wildman–Crippen MR) is 105 cm³/mol. The van der Waals surface area contributed by atoms with Gasteiger partial charge < -0.3 is 9.80 Å². The third-order valence-electron chi connectivity index (χ3n) is 5.91. The molecule has 1 saturated heterocycles. The molecular weight excluding hydrogens is 360 g/mol. The van der Waals surface area contributed by atoms with E-state index in [1.807, 2.05) is 21.7 Å². The van der Waals surface area contributed by atoms with Crippen molar-refractivity contribution in [3.63, 3.8) is 0 Å². The number of thiophene rings is 1. The Kier molecular flexibility index (Phi) is 6.51. The lowest BCUT2D eigenvalue weighted by atomic mass is 9.81. The number of rotatable bonds is 4. The van der Waals surface area contributed by atoms with Crippen LogP contribution in [0.15, 0.2) is 16.8 Å². The highest BCUT2D eigenvalue weighted by molar-refractivity contribution is 7.08. The first-order valence-electron chi connectivity index (χ1n) is 9.77. The lowest BCUT2D eigenvalue weighted by Crippen LogP contribution is -2.52. The Hall–Kier alpha value is -1.91. The van der Waals surface area contributed by atoms with Crippen molar-refractivity contribution in [2.75, 3.05) is 39.8 Å². The van der Waals surface area contributed by atoms with Crippen LogP contribution in [0.25, 0.3) is 0 Å². The maximum absolute atomic E-state index is 12.8. The first kappa shape index (κ1) is 19.8. The molecule has 0 radical (unpaired) electrons. The molecule has 2 fully saturated rings. The fraction of sp³-hybridized carbons (Fsp3) is 0.650. The lowest BCUT2D eigenvalue weighted by molar-refractivity contribution is -0.136. The van der Waals surface area contributed by atoms with Crippen LogP contribution in [-0.4, -0.2) is 71.8 Å². The fourth-order valence-electron chi connectivity index (χ4n) is 4.10. The van der Waals surface area contributed by atoms with Gasteiger partial charge >= 0.3 is 0 Å². The van der Waals surface area contributed by atoms with Crippen LogP contribution in [0.2, 0.25) is 0 Å². The van der Waals surface area contributed by atoms with Gasteiger partial charge in [-0.15, -0.1) is 0 Å². The Bertz CT molecular complexity index is 691. The fourth-order valence-corrected chi connectivity index (χ4v) is 4.73. The molecule has 0 unspecified atom stereocenters. The monoisotopic (exact) mass is 388 g/mol. The van der Waals surface area contributed by atoms with Gasteiger partial charge in [-0.25, -0.2) is 0 Å². The van der Waals surface area contributed by atoms with Crippen LogP contribution in [0, 0.1) is 11.3 Å². The summed E-state index contributed by atoms with van der Waals surface area (Å²) in [5.74, 6) is 0.0863. The zero-order chi connectivity index (χ0) is 19.3. The molecule has 1 aromatic heterocycles. The number of nitrogens with zero attached hydrogens (tertiary/aromatic N) is 4. The quantitative estimate of drug-likeness (QED) is 0.795. The van der Waals surface area contributed by atoms with Crippen molar-refractivity contribution in [1.82, 2.24) is 14.7 Å². The molecule has 146 valence electrons. The SMILES string of the molecule is CN(C(=O)CN1CCCN(C(=O)c2ccsc2)CC1)C1(C#N)CCCCC1. The summed E-state index contributed by atoms with van der Waals surface area (Å²) in [6, 6.07) is 4.28. The van der Waals surface area contributed by atoms with Crippen LogP contribution in [0.4, 0.5) is 0 Å². The van der Waals surface area contributed by atoms with E-state index < -0.39 is 5.54 Å². The molecule has 1 aliphatic heterocycles. The van der Waals surface area contributed by atoms with E-state index in [0.29, 0.717) is 19.6 Å². The van der Waals surface area contributed by atoms with Crippen molar-refractivity contribution in [1.29, 1.82) is 5.26 Å². The molecule has 1 aromatic rings. The molecule has 3 rings (SSSR count). The Morgan fingerprint density at radius 3 is 2.63 bits per heavy atom. The summed E-state index contributed by atoms with van der Waals surface area (Å²) in [5.41, 5.74) is 0.111. The second-order valence-corrected chi connectivity index (χ2v) is 8.37. The van der Waals surface area contributed by atoms with E-state index >= 15 is 0 Å². The van der Waals surface area contributed by atoms with Crippen molar-refractivity contribution in [3.8, 4) is 6.07 Å². The van der Waals surface area contributed by atoms with Crippen molar-refractivity contribution < 1.29 is 9.59 Å². The highest BCUT2D eigenvalue weighted by Gasteiger charge is 2.39. The zero-order valence-corrected chi connectivity index (χ0v) is 16.8. The molecule has 7 heteroatoms. The van der Waals surface area contributed by atoms with Crippen molar-refractivity contribution in [2.24, 2.45) is 0 Å². The van der Waals surface area contributed by atoms with E-state index in [-0.39, 0.29) is 11.8 Å². The Morgan fingerprint density at radius 1 is 1.19 bits per heavy atom. The molecule has 0 spiro atoms. The second-order valence-electron chi connectivity index (χ2n) is 7.59. The molecule has 2 heterocycles. The molecular formula is C20H28N4O2S. The number of hydrogen-bond donors (Lipinski definition) is 0. The first-order chi connectivity index (χ1) is 13.1. The minimum absolute atomic E-state index is 0.0102. The maximum Gasteiger partial charge on any atom is 0.254 e. The molecule has 0 atom stereocenters. The van der Waals surface area contributed by atoms with Crippen LogP contribution in [0.1, 0.15) is 48.9 Å². The van der Waals surface area contributed by atoms with Gasteiger partial charge in [-0.2, -0.15) is 16.6 Å². The Balaban J connectivity index is 1.56. The molecule has 1 saturated carbocycles. The summed E-state index contributed by atoms with van der Waals surface area (Å²) < 4.78 is 0. The number of carbonyl (C=O) groups excluding carboxylic acids is 2. The van der Waals surface area contributed by atoms with Gasteiger partial charge in [-0.3, -0.25) is 14.5 Å². The van der Waals surface area contributed by atoms with Gasteiger partial charge in [0.25, 0.3) is 5.91 Å². The first-order valence-corrected chi connectivity index (χ1v) is 10.7. The van der Waals surface area contributed by atoms with Crippen LogP contribution >= 0.6 is 11.3 Å². The number of likely N-dealkylation sites (N-methyl/N-ethyl adjacent to an activating group) is 1. The summed E-state index contributed by atoms with van der Waals surface area (Å²) >= 11 is 1.53. The van der Waals surface area contributed by atoms with Crippen molar-refractivity contribution >= 4 is 23.2 Å². The molecule has 0 bridgehead atoms. The van der Waals surface area contributed by atoms with E-state index in [1.54, 1.807) is 11.9 Å². The van der Waals surface area contributed by atoms with Gasteiger partial charge in [-0.1, -0.05) is 19.3 Å². The van der Waals surface area contributed by atoms with Gasteiger partial charge in [0.2, 0.25) is 5.91 Å². The summed E-state index contributed by atoms with van der Waals surface area (Å²) in [7, 11) is 1.78. The predicted octanol–water partition coefficient (Wildman–Crippen LogP) is 2.58. The van der Waals surface area contributed by atoms with E-state index in [9.17, 15) is 14.9 Å². The largest absolute Gasteiger partial charge is 0.337 e. The molecule has 6 nitrogen and oxygen atoms in total. The van der Waals surface area contributed by atoms with Gasteiger partial charge in [0.15, 0.2) is 0 Å². The summed E-state index contributed by atoms with van der Waals surface area (Å²) in [6.07, 6.45) is 5.56. The normalized spacial score (nSPS) is 20.5. The van der Waals surface area contributed by atoms with Gasteiger partial charge in [0, 0.05) is 38.6 Å². The third-order valence-corrected chi connectivity index (χ3v) is 6.59. The Morgan fingerprint density at radius 2 is 1.96 bits per heavy atom. The molecule has 0 N–H and O–H groups in total. The van der Waals surface area contributed by atoms with E-state index in [2.05, 4.69) is 11.0 Å². The third kappa shape index (κ3) is 4.50. The van der Waals surface area contributed by atoms with Crippen LogP contribution in [0.5, 0.6) is 0 Å². The maximum atomic E-state index is 12.8. The average Bonchev–Trinajstić information content (AvgIpc) is 3.14. The van der Waals surface area contributed by atoms with Crippen molar-refractivity contribution in [3.05, 3.63) is 22.4 Å². The Labute approximate surface area is 165 Å². The molecule has 0 aromatic carbocycles. The summed E-state index contributed by atoms with van der Waals surface area (Å²) in [6.45, 7) is 3.16. The standard InChI is InChI=1S/C20H28N4O2S/c1-22(20(16-21)7-3-2-4-8-20)18(25)14-23-9-5-10-24(12-11-23)19(26)17-6-13-27-15-17/h6,13,15H,2-5,7-12,14H2,1H3. The smallest absolute Gasteiger partial charge is 0.254 e. The minimum Gasteiger partial charge on any atom is -0.337 e. The van der Waals surface area contributed by atoms with Crippen molar-refractivity contribution in [2.45, 2.75) is 44.1 Å². The summed E-state index contributed by atoms with van der Waals surface area (Å²) in [4.78, 5) is 31.1. The number of amides is 2. The highest BCUT2D eigenvalue weighted by atomic mass is 32.1. The number of nitriles is 1. The molecule has 1 aliphatic carbocycles. The van der Waals surface area contributed by atoms with Gasteiger partial charge in [-0.05, 0) is 30.7 Å². The van der Waals surface area contributed by atoms with E-state index in [1.165, 1.54) is 11.3 Å². The van der Waals surface area contributed by atoms with Gasteiger partial charge in [0.05, 0.1) is 18.2 Å². The van der Waals surface area contributed by atoms with E-state index in [0.717, 1.165) is 57.2 Å². The average molecular weight is 389 g/mol. The summed E-state index contributed by atoms with van der Waals surface area (Å²) in [5, 5.41) is 13.5. The lowest BCUT2D eigenvalue weighted by Gasteiger charge is -2.39. The molecule has 27 heavy (non-hydrogen) atoms. The van der Waals surface area contributed by atoms with Crippen LogP contribution in [0.3, 0.4) is 0 Å². The molecule has 2 aliphatic rings. The number of hydrogen-bond acceptors (Lipinski definition) is 5. The van der Waals surface area contributed by atoms with E-state index in [4.69, 9.17) is 0 Å². The topological polar surface area (TPSA) is 67.7 Å². The highest BCUT2D eigenvalue weighted by Crippen LogP contribution is 2.32. The number of carbonyl (C=O) groups is 2. The second kappa shape index (κ2) is 8.85.